The summed E-state index contributed by atoms with van der Waals surface area (Å²) in [4.78, 5) is 0. The lowest BCUT2D eigenvalue weighted by Gasteiger charge is -2.35. The zero-order valence-electron chi connectivity index (χ0n) is 7.76. The third-order valence-corrected chi connectivity index (χ3v) is 2.17. The van der Waals surface area contributed by atoms with E-state index >= 15 is 0 Å². The Hall–Kier alpha value is -0.0800. The zero-order chi connectivity index (χ0) is 8.27. The molecule has 0 bridgehead atoms. The van der Waals surface area contributed by atoms with Gasteiger partial charge in [0.25, 0.3) is 0 Å². The van der Waals surface area contributed by atoms with Crippen LogP contribution in [0.3, 0.4) is 0 Å². The van der Waals surface area contributed by atoms with Gasteiger partial charge in [0.2, 0.25) is 0 Å². The minimum absolute atomic E-state index is 0.537. The minimum atomic E-state index is 0.537. The molecular weight excluding hydrogens is 138 g/mol. The van der Waals surface area contributed by atoms with Crippen LogP contribution in [0.4, 0.5) is 0 Å². The summed E-state index contributed by atoms with van der Waals surface area (Å²) in [5.74, 6) is 0.670. The van der Waals surface area contributed by atoms with Crippen LogP contribution in [-0.2, 0) is 4.74 Å². The second-order valence-corrected chi connectivity index (χ2v) is 3.81. The van der Waals surface area contributed by atoms with Crippen LogP contribution in [0.25, 0.3) is 0 Å². The number of rotatable bonds is 4. The Morgan fingerprint density at radius 3 is 2.55 bits per heavy atom. The van der Waals surface area contributed by atoms with Gasteiger partial charge in [0.05, 0.1) is 6.10 Å². The van der Waals surface area contributed by atoms with Crippen molar-refractivity contribution < 1.29 is 4.74 Å². The standard InChI is InChI=1S/C9H19NO/c1-7(2)6-11-9-4-8(5-9)10-3/h7-10H,4-6H2,1-3H3. The molecule has 2 heteroatoms. The molecule has 0 radical (unpaired) electrons. The maximum absolute atomic E-state index is 5.63. The van der Waals surface area contributed by atoms with Crippen molar-refractivity contribution in [2.24, 2.45) is 5.92 Å². The van der Waals surface area contributed by atoms with Crippen molar-refractivity contribution in [3.8, 4) is 0 Å². The number of hydrogen-bond acceptors (Lipinski definition) is 2. The van der Waals surface area contributed by atoms with Crippen LogP contribution in [-0.4, -0.2) is 25.8 Å². The van der Waals surface area contributed by atoms with E-state index in [0.717, 1.165) is 6.61 Å². The summed E-state index contributed by atoms with van der Waals surface area (Å²) >= 11 is 0. The Bertz CT molecular complexity index is 108. The Labute approximate surface area is 69.3 Å². The van der Waals surface area contributed by atoms with Gasteiger partial charge in [-0.2, -0.15) is 0 Å². The summed E-state index contributed by atoms with van der Waals surface area (Å²) in [6, 6.07) is 0.715. The average molecular weight is 157 g/mol. The first-order valence-corrected chi connectivity index (χ1v) is 4.51. The number of ether oxygens (including phenoxy) is 1. The molecule has 0 aromatic carbocycles. The van der Waals surface area contributed by atoms with E-state index in [9.17, 15) is 0 Å². The molecule has 0 aromatic rings. The SMILES string of the molecule is CNC1CC(OCC(C)C)C1. The van der Waals surface area contributed by atoms with Crippen LogP contribution < -0.4 is 5.32 Å². The molecule has 0 unspecified atom stereocenters. The Morgan fingerprint density at radius 2 is 2.09 bits per heavy atom. The zero-order valence-corrected chi connectivity index (χ0v) is 7.76. The van der Waals surface area contributed by atoms with Crippen molar-refractivity contribution >= 4 is 0 Å². The van der Waals surface area contributed by atoms with E-state index < -0.39 is 0 Å². The average Bonchev–Trinajstić information content (AvgIpc) is 1.84. The van der Waals surface area contributed by atoms with Crippen molar-refractivity contribution in [2.45, 2.75) is 38.8 Å². The molecule has 1 fully saturated rings. The predicted octanol–water partition coefficient (Wildman–Crippen LogP) is 1.41. The molecular formula is C9H19NO. The van der Waals surface area contributed by atoms with E-state index in [1.165, 1.54) is 12.8 Å². The van der Waals surface area contributed by atoms with Gasteiger partial charge in [-0.15, -0.1) is 0 Å². The normalized spacial score (nSPS) is 30.5. The third-order valence-electron chi connectivity index (χ3n) is 2.17. The van der Waals surface area contributed by atoms with Crippen molar-refractivity contribution in [1.82, 2.24) is 5.32 Å². The highest BCUT2D eigenvalue weighted by atomic mass is 16.5. The summed E-state index contributed by atoms with van der Waals surface area (Å²) in [7, 11) is 2.02. The van der Waals surface area contributed by atoms with E-state index in [4.69, 9.17) is 4.74 Å². The fraction of sp³-hybridized carbons (Fsp3) is 1.00. The maximum atomic E-state index is 5.63. The van der Waals surface area contributed by atoms with Gasteiger partial charge in [-0.1, -0.05) is 13.8 Å². The van der Waals surface area contributed by atoms with Gasteiger partial charge in [-0.3, -0.25) is 0 Å². The Balaban J connectivity index is 1.96. The number of nitrogens with one attached hydrogen (secondary N) is 1. The topological polar surface area (TPSA) is 21.3 Å². The molecule has 0 amide bonds. The first-order chi connectivity index (χ1) is 5.22. The molecule has 2 nitrogen and oxygen atoms in total. The molecule has 11 heavy (non-hydrogen) atoms. The van der Waals surface area contributed by atoms with E-state index in [1.54, 1.807) is 0 Å². The molecule has 0 aromatic heterocycles. The van der Waals surface area contributed by atoms with E-state index in [2.05, 4.69) is 19.2 Å². The van der Waals surface area contributed by atoms with Gasteiger partial charge in [0.15, 0.2) is 0 Å². The first-order valence-electron chi connectivity index (χ1n) is 4.51. The molecule has 1 aliphatic rings. The van der Waals surface area contributed by atoms with Gasteiger partial charge in [-0.25, -0.2) is 0 Å². The summed E-state index contributed by atoms with van der Waals surface area (Å²) in [5, 5.41) is 3.24. The summed E-state index contributed by atoms with van der Waals surface area (Å²) in [5.41, 5.74) is 0. The van der Waals surface area contributed by atoms with Crippen molar-refractivity contribution in [1.29, 1.82) is 0 Å². The molecule has 0 aliphatic heterocycles. The maximum Gasteiger partial charge on any atom is 0.0605 e. The lowest BCUT2D eigenvalue weighted by Crippen LogP contribution is -2.44. The van der Waals surface area contributed by atoms with Crippen LogP contribution in [0, 0.1) is 5.92 Å². The molecule has 1 rings (SSSR count). The van der Waals surface area contributed by atoms with Gasteiger partial charge >= 0.3 is 0 Å². The molecule has 0 heterocycles. The van der Waals surface area contributed by atoms with E-state index in [1.807, 2.05) is 7.05 Å². The lowest BCUT2D eigenvalue weighted by atomic mass is 9.89. The van der Waals surface area contributed by atoms with Crippen molar-refractivity contribution in [2.75, 3.05) is 13.7 Å². The monoisotopic (exact) mass is 157 g/mol. The molecule has 66 valence electrons. The van der Waals surface area contributed by atoms with Crippen molar-refractivity contribution in [3.63, 3.8) is 0 Å². The Kier molecular flexibility index (Phi) is 3.34. The summed E-state index contributed by atoms with van der Waals surface area (Å²) in [6.45, 7) is 5.30. The molecule has 1 aliphatic carbocycles. The predicted molar refractivity (Wildman–Crippen MR) is 46.7 cm³/mol. The first kappa shape index (κ1) is 9.01. The fourth-order valence-electron chi connectivity index (χ4n) is 1.27. The lowest BCUT2D eigenvalue weighted by molar-refractivity contribution is -0.0262. The van der Waals surface area contributed by atoms with Crippen LogP contribution in [0.15, 0.2) is 0 Å². The largest absolute Gasteiger partial charge is 0.378 e. The summed E-state index contributed by atoms with van der Waals surface area (Å²) in [6.07, 6.45) is 2.93. The highest BCUT2D eigenvalue weighted by molar-refractivity contribution is 4.84. The second kappa shape index (κ2) is 4.07. The highest BCUT2D eigenvalue weighted by Gasteiger charge is 2.28. The quantitative estimate of drug-likeness (QED) is 0.666. The Morgan fingerprint density at radius 1 is 1.45 bits per heavy atom. The minimum Gasteiger partial charge on any atom is -0.378 e. The van der Waals surface area contributed by atoms with Crippen LogP contribution >= 0.6 is 0 Å². The molecule has 1 N–H and O–H groups in total. The van der Waals surface area contributed by atoms with E-state index in [-0.39, 0.29) is 0 Å². The molecule has 0 spiro atoms. The smallest absolute Gasteiger partial charge is 0.0605 e. The van der Waals surface area contributed by atoms with Gasteiger partial charge in [0.1, 0.15) is 0 Å². The van der Waals surface area contributed by atoms with Gasteiger partial charge in [-0.05, 0) is 25.8 Å². The molecule has 0 saturated heterocycles. The fourth-order valence-corrected chi connectivity index (χ4v) is 1.27. The van der Waals surface area contributed by atoms with Crippen LogP contribution in [0.1, 0.15) is 26.7 Å². The third kappa shape index (κ3) is 2.80. The molecule has 0 atom stereocenters. The van der Waals surface area contributed by atoms with Crippen molar-refractivity contribution in [3.05, 3.63) is 0 Å². The van der Waals surface area contributed by atoms with Crippen LogP contribution in [0.2, 0.25) is 0 Å². The summed E-state index contributed by atoms with van der Waals surface area (Å²) < 4.78 is 5.63. The second-order valence-electron chi connectivity index (χ2n) is 3.81. The van der Waals surface area contributed by atoms with Crippen LogP contribution in [0.5, 0.6) is 0 Å². The van der Waals surface area contributed by atoms with E-state index in [0.29, 0.717) is 18.1 Å². The number of hydrogen-bond donors (Lipinski definition) is 1. The van der Waals surface area contributed by atoms with Gasteiger partial charge < -0.3 is 10.1 Å². The molecule has 1 saturated carbocycles. The van der Waals surface area contributed by atoms with Gasteiger partial charge in [0, 0.05) is 12.6 Å². The highest BCUT2D eigenvalue weighted by Crippen LogP contribution is 2.23.